The number of nitrogens with two attached hydrogens (primary N) is 1. The van der Waals surface area contributed by atoms with Crippen LogP contribution in [0.1, 0.15) is 31.2 Å². The number of phenolic OH excluding ortho intramolecular Hbond substituents is 1. The summed E-state index contributed by atoms with van der Waals surface area (Å²) < 4.78 is 1.06. The summed E-state index contributed by atoms with van der Waals surface area (Å²) in [5, 5.41) is 12.7. The first-order valence-corrected chi connectivity index (χ1v) is 7.57. The van der Waals surface area contributed by atoms with E-state index in [0.717, 1.165) is 33.7 Å². The van der Waals surface area contributed by atoms with Crippen molar-refractivity contribution in [3.05, 3.63) is 40.4 Å². The van der Waals surface area contributed by atoms with Gasteiger partial charge in [0.2, 0.25) is 0 Å². The van der Waals surface area contributed by atoms with Crippen molar-refractivity contribution in [1.82, 2.24) is 0 Å². The van der Waals surface area contributed by atoms with E-state index >= 15 is 0 Å². The van der Waals surface area contributed by atoms with Gasteiger partial charge in [-0.25, -0.2) is 0 Å². The Morgan fingerprint density at radius 3 is 2.58 bits per heavy atom. The molecule has 1 aliphatic rings. The van der Waals surface area contributed by atoms with Gasteiger partial charge >= 0.3 is 0 Å². The molecule has 2 aromatic rings. The highest BCUT2D eigenvalue weighted by molar-refractivity contribution is 9.10. The maximum absolute atomic E-state index is 10.4. The number of hydrogen-bond donors (Lipinski definition) is 2. The summed E-state index contributed by atoms with van der Waals surface area (Å²) in [7, 11) is 0. The highest BCUT2D eigenvalue weighted by Gasteiger charge is 2.37. The maximum atomic E-state index is 10.4. The van der Waals surface area contributed by atoms with Crippen LogP contribution in [0.5, 0.6) is 5.75 Å². The van der Waals surface area contributed by atoms with Gasteiger partial charge in [0.1, 0.15) is 5.75 Å². The highest BCUT2D eigenvalue weighted by Crippen LogP contribution is 2.46. The van der Waals surface area contributed by atoms with Crippen LogP contribution in [-0.4, -0.2) is 11.7 Å². The van der Waals surface area contributed by atoms with Crippen molar-refractivity contribution in [3.8, 4) is 5.75 Å². The van der Waals surface area contributed by atoms with E-state index in [1.54, 1.807) is 6.07 Å². The molecule has 0 amide bonds. The second kappa shape index (κ2) is 4.80. The van der Waals surface area contributed by atoms with E-state index in [2.05, 4.69) is 28.1 Å². The number of rotatable bonds is 2. The fraction of sp³-hybridized carbons (Fsp3) is 0.375. The standard InChI is InChI=1S/C16H18BrNO/c17-12-4-5-13-11(9-12)3-6-14(19)15(13)16(10-18)7-1-2-8-16/h3-6,9,19H,1-2,7-8,10,18H2. The quantitative estimate of drug-likeness (QED) is 0.876. The van der Waals surface area contributed by atoms with Crippen LogP contribution in [0, 0.1) is 0 Å². The molecule has 0 bridgehead atoms. The summed E-state index contributed by atoms with van der Waals surface area (Å²) >= 11 is 3.50. The number of phenols is 1. The lowest BCUT2D eigenvalue weighted by molar-refractivity contribution is 0.409. The molecule has 0 radical (unpaired) electrons. The van der Waals surface area contributed by atoms with Crippen LogP contribution in [-0.2, 0) is 5.41 Å². The van der Waals surface area contributed by atoms with E-state index in [0.29, 0.717) is 12.3 Å². The third-order valence-electron chi connectivity index (χ3n) is 4.44. The zero-order valence-corrected chi connectivity index (χ0v) is 12.4. The molecule has 2 nitrogen and oxygen atoms in total. The van der Waals surface area contributed by atoms with Crippen LogP contribution in [0.25, 0.3) is 10.8 Å². The summed E-state index contributed by atoms with van der Waals surface area (Å²) in [5.74, 6) is 0.391. The summed E-state index contributed by atoms with van der Waals surface area (Å²) in [6, 6.07) is 9.99. The molecule has 0 aromatic heterocycles. The molecule has 1 saturated carbocycles. The Hall–Kier alpha value is -1.06. The lowest BCUT2D eigenvalue weighted by Crippen LogP contribution is -2.32. The van der Waals surface area contributed by atoms with Gasteiger partial charge in [0, 0.05) is 22.0 Å². The predicted octanol–water partition coefficient (Wildman–Crippen LogP) is 4.08. The number of benzene rings is 2. The smallest absolute Gasteiger partial charge is 0.120 e. The molecule has 1 fully saturated rings. The van der Waals surface area contributed by atoms with E-state index < -0.39 is 0 Å². The lowest BCUT2D eigenvalue weighted by Gasteiger charge is -2.30. The van der Waals surface area contributed by atoms with Crippen molar-refractivity contribution in [2.24, 2.45) is 5.73 Å². The molecule has 100 valence electrons. The van der Waals surface area contributed by atoms with Crippen molar-refractivity contribution in [1.29, 1.82) is 0 Å². The Bertz CT molecular complexity index is 617. The third kappa shape index (κ3) is 2.05. The molecule has 0 aliphatic heterocycles. The van der Waals surface area contributed by atoms with Gasteiger partial charge in [-0.15, -0.1) is 0 Å². The van der Waals surface area contributed by atoms with Gasteiger partial charge in [-0.05, 0) is 41.8 Å². The highest BCUT2D eigenvalue weighted by atomic mass is 79.9. The van der Waals surface area contributed by atoms with Crippen molar-refractivity contribution in [2.75, 3.05) is 6.54 Å². The number of halogens is 1. The largest absolute Gasteiger partial charge is 0.508 e. The molecule has 0 unspecified atom stereocenters. The molecule has 3 N–H and O–H groups in total. The Kier molecular flexibility index (Phi) is 3.27. The first-order valence-electron chi connectivity index (χ1n) is 6.78. The minimum atomic E-state index is -0.0442. The maximum Gasteiger partial charge on any atom is 0.120 e. The molecule has 3 rings (SSSR count). The minimum Gasteiger partial charge on any atom is -0.508 e. The molecule has 0 atom stereocenters. The first-order chi connectivity index (χ1) is 9.16. The summed E-state index contributed by atoms with van der Waals surface area (Å²) in [5.41, 5.74) is 7.08. The summed E-state index contributed by atoms with van der Waals surface area (Å²) in [6.07, 6.45) is 4.55. The minimum absolute atomic E-state index is 0.0442. The van der Waals surface area contributed by atoms with Crippen LogP contribution in [0.3, 0.4) is 0 Å². The van der Waals surface area contributed by atoms with E-state index in [4.69, 9.17) is 5.73 Å². The van der Waals surface area contributed by atoms with Gasteiger partial charge in [0.05, 0.1) is 0 Å². The van der Waals surface area contributed by atoms with Crippen LogP contribution >= 0.6 is 15.9 Å². The predicted molar refractivity (Wildman–Crippen MR) is 82.5 cm³/mol. The molecule has 2 aromatic carbocycles. The van der Waals surface area contributed by atoms with Crippen molar-refractivity contribution in [2.45, 2.75) is 31.1 Å². The van der Waals surface area contributed by atoms with E-state index in [1.165, 1.54) is 12.8 Å². The van der Waals surface area contributed by atoms with Gasteiger partial charge < -0.3 is 10.8 Å². The number of fused-ring (bicyclic) bond motifs is 1. The summed E-state index contributed by atoms with van der Waals surface area (Å²) in [6.45, 7) is 0.607. The Balaban J connectivity index is 2.29. The van der Waals surface area contributed by atoms with Gasteiger partial charge in [-0.1, -0.05) is 40.9 Å². The Morgan fingerprint density at radius 2 is 1.89 bits per heavy atom. The molecule has 0 saturated heterocycles. The van der Waals surface area contributed by atoms with E-state index in [1.807, 2.05) is 12.1 Å². The molecule has 19 heavy (non-hydrogen) atoms. The number of hydrogen-bond acceptors (Lipinski definition) is 2. The zero-order chi connectivity index (χ0) is 13.5. The van der Waals surface area contributed by atoms with Crippen molar-refractivity contribution < 1.29 is 5.11 Å². The molecule has 1 aliphatic carbocycles. The van der Waals surface area contributed by atoms with Gasteiger partial charge in [0.15, 0.2) is 0 Å². The molecule has 3 heteroatoms. The van der Waals surface area contributed by atoms with Gasteiger partial charge in [0.25, 0.3) is 0 Å². The Morgan fingerprint density at radius 1 is 1.16 bits per heavy atom. The van der Waals surface area contributed by atoms with Crippen molar-refractivity contribution in [3.63, 3.8) is 0 Å². The molecule has 0 spiro atoms. The van der Waals surface area contributed by atoms with Crippen LogP contribution in [0.4, 0.5) is 0 Å². The fourth-order valence-electron chi connectivity index (χ4n) is 3.45. The first kappa shape index (κ1) is 12.9. The number of aromatic hydroxyl groups is 1. The second-order valence-electron chi connectivity index (χ2n) is 5.52. The van der Waals surface area contributed by atoms with Gasteiger partial charge in [-0.3, -0.25) is 0 Å². The second-order valence-corrected chi connectivity index (χ2v) is 6.43. The SMILES string of the molecule is NCC1(c2c(O)ccc3cc(Br)ccc23)CCCC1. The average Bonchev–Trinajstić information content (AvgIpc) is 2.88. The average molecular weight is 320 g/mol. The van der Waals surface area contributed by atoms with Gasteiger partial charge in [-0.2, -0.15) is 0 Å². The van der Waals surface area contributed by atoms with E-state index in [-0.39, 0.29) is 5.41 Å². The van der Waals surface area contributed by atoms with Crippen LogP contribution in [0.2, 0.25) is 0 Å². The normalized spacial score (nSPS) is 18.0. The molecular weight excluding hydrogens is 302 g/mol. The Labute approximate surface area is 121 Å². The van der Waals surface area contributed by atoms with E-state index in [9.17, 15) is 5.11 Å². The third-order valence-corrected chi connectivity index (χ3v) is 4.93. The van der Waals surface area contributed by atoms with Crippen LogP contribution < -0.4 is 5.73 Å². The van der Waals surface area contributed by atoms with Crippen LogP contribution in [0.15, 0.2) is 34.8 Å². The fourth-order valence-corrected chi connectivity index (χ4v) is 3.83. The molecular formula is C16H18BrNO. The molecule has 0 heterocycles. The van der Waals surface area contributed by atoms with Crippen molar-refractivity contribution >= 4 is 26.7 Å². The zero-order valence-electron chi connectivity index (χ0n) is 10.8. The monoisotopic (exact) mass is 319 g/mol. The topological polar surface area (TPSA) is 46.2 Å². The lowest BCUT2D eigenvalue weighted by atomic mass is 9.76. The summed E-state index contributed by atoms with van der Waals surface area (Å²) in [4.78, 5) is 0.